The monoisotopic (exact) mass is 287 g/mol. The zero-order chi connectivity index (χ0) is 14.8. The predicted octanol–water partition coefficient (Wildman–Crippen LogP) is 2.51. The summed E-state index contributed by atoms with van der Waals surface area (Å²) in [4.78, 5) is 11.0. The summed E-state index contributed by atoms with van der Waals surface area (Å²) in [5.41, 5.74) is 6.99. The molecule has 21 heavy (non-hydrogen) atoms. The molecule has 0 aliphatic carbocycles. The zero-order valence-corrected chi connectivity index (χ0v) is 12.5. The minimum absolute atomic E-state index is 0.185. The fourth-order valence-corrected chi connectivity index (χ4v) is 2.72. The molecule has 6 nitrogen and oxygen atoms in total. The molecule has 1 aliphatic rings. The molecule has 1 fully saturated rings. The third kappa shape index (κ3) is 2.90. The van der Waals surface area contributed by atoms with Crippen LogP contribution in [0.25, 0.3) is 0 Å². The minimum Gasteiger partial charge on any atom is -0.383 e. The molecule has 2 N–H and O–H groups in total. The molecule has 2 aromatic rings. The molecule has 0 aromatic carbocycles. The number of nitrogen functional groups attached to an aromatic ring is 1. The van der Waals surface area contributed by atoms with E-state index >= 15 is 0 Å². The number of rotatable bonds is 4. The van der Waals surface area contributed by atoms with Gasteiger partial charge in [0, 0.05) is 24.2 Å². The molecule has 0 amide bonds. The van der Waals surface area contributed by atoms with Crippen molar-refractivity contribution in [1.29, 1.82) is 0 Å². The Hall–Kier alpha value is -1.95. The van der Waals surface area contributed by atoms with Gasteiger partial charge in [-0.05, 0) is 25.5 Å². The Kier molecular flexibility index (Phi) is 3.88. The number of aromatic nitrogens is 3. The van der Waals surface area contributed by atoms with E-state index in [-0.39, 0.29) is 12.0 Å². The minimum atomic E-state index is 0.185. The van der Waals surface area contributed by atoms with Crippen LogP contribution >= 0.6 is 0 Å². The van der Waals surface area contributed by atoms with Gasteiger partial charge in [-0.3, -0.25) is 4.90 Å². The van der Waals surface area contributed by atoms with E-state index in [0.29, 0.717) is 5.82 Å². The van der Waals surface area contributed by atoms with E-state index in [1.165, 1.54) is 0 Å². The maximum Gasteiger partial charge on any atom is 0.244 e. The summed E-state index contributed by atoms with van der Waals surface area (Å²) in [6.07, 6.45) is 3.89. The van der Waals surface area contributed by atoms with Gasteiger partial charge in [0.25, 0.3) is 0 Å². The molecule has 0 spiro atoms. The second kappa shape index (κ2) is 5.81. The van der Waals surface area contributed by atoms with Gasteiger partial charge in [-0.2, -0.15) is 4.98 Å². The summed E-state index contributed by atoms with van der Waals surface area (Å²) >= 11 is 0. The lowest BCUT2D eigenvalue weighted by Crippen LogP contribution is -2.23. The third-order valence-electron chi connectivity index (χ3n) is 3.92. The molecule has 0 bridgehead atoms. The van der Waals surface area contributed by atoms with Gasteiger partial charge in [0.2, 0.25) is 5.89 Å². The van der Waals surface area contributed by atoms with Crippen molar-refractivity contribution in [2.45, 2.75) is 45.2 Å². The van der Waals surface area contributed by atoms with Crippen LogP contribution < -0.4 is 5.73 Å². The molecular weight excluding hydrogens is 266 g/mol. The van der Waals surface area contributed by atoms with Crippen LogP contribution in [0.1, 0.15) is 55.9 Å². The molecule has 0 radical (unpaired) electrons. The molecule has 6 heteroatoms. The highest BCUT2D eigenvalue weighted by Crippen LogP contribution is 2.33. The standard InChI is InChI=1S/C15H21N5O/c1-10(2)14-18-15(21-19-14)12-6-4-8-20(12)9-11-5-3-7-17-13(11)16/h3,5,7,10,12H,4,6,8-9H2,1-2H3,(H2,16,17)/t12-/m1/s1. The highest BCUT2D eigenvalue weighted by Gasteiger charge is 2.31. The number of hydrogen-bond donors (Lipinski definition) is 1. The van der Waals surface area contributed by atoms with E-state index in [1.807, 2.05) is 12.1 Å². The summed E-state index contributed by atoms with van der Waals surface area (Å²) in [7, 11) is 0. The van der Waals surface area contributed by atoms with Gasteiger partial charge >= 0.3 is 0 Å². The topological polar surface area (TPSA) is 81.1 Å². The fraction of sp³-hybridized carbons (Fsp3) is 0.533. The van der Waals surface area contributed by atoms with Crippen molar-refractivity contribution in [3.8, 4) is 0 Å². The predicted molar refractivity (Wildman–Crippen MR) is 79.4 cm³/mol. The second-order valence-electron chi connectivity index (χ2n) is 5.82. The van der Waals surface area contributed by atoms with E-state index in [9.17, 15) is 0 Å². The van der Waals surface area contributed by atoms with Crippen LogP contribution in [0.15, 0.2) is 22.9 Å². The maximum atomic E-state index is 5.94. The quantitative estimate of drug-likeness (QED) is 0.930. The molecule has 0 unspecified atom stereocenters. The van der Waals surface area contributed by atoms with Crippen LogP contribution in [0.3, 0.4) is 0 Å². The third-order valence-corrected chi connectivity index (χ3v) is 3.92. The highest BCUT2D eigenvalue weighted by molar-refractivity contribution is 5.38. The molecule has 1 atom stereocenters. The van der Waals surface area contributed by atoms with Crippen LogP contribution in [0.4, 0.5) is 5.82 Å². The summed E-state index contributed by atoms with van der Waals surface area (Å²) in [5, 5.41) is 4.07. The van der Waals surface area contributed by atoms with Crippen LogP contribution in [-0.2, 0) is 6.54 Å². The summed E-state index contributed by atoms with van der Waals surface area (Å²) in [6, 6.07) is 4.12. The Bertz CT molecular complexity index is 610. The van der Waals surface area contributed by atoms with Crippen molar-refractivity contribution in [2.75, 3.05) is 12.3 Å². The number of pyridine rings is 1. The Morgan fingerprint density at radius 3 is 3.05 bits per heavy atom. The van der Waals surface area contributed by atoms with Gasteiger partial charge < -0.3 is 10.3 Å². The lowest BCUT2D eigenvalue weighted by atomic mass is 10.2. The van der Waals surface area contributed by atoms with E-state index < -0.39 is 0 Å². The average Bonchev–Trinajstić information content (AvgIpc) is 3.09. The number of hydrogen-bond acceptors (Lipinski definition) is 6. The first-order valence-corrected chi connectivity index (χ1v) is 7.42. The Labute approximate surface area is 124 Å². The van der Waals surface area contributed by atoms with E-state index in [4.69, 9.17) is 10.3 Å². The molecule has 1 aliphatic heterocycles. The molecule has 112 valence electrons. The van der Waals surface area contributed by atoms with Gasteiger partial charge in [-0.15, -0.1) is 0 Å². The summed E-state index contributed by atoms with van der Waals surface area (Å²) in [5.74, 6) is 2.37. The largest absolute Gasteiger partial charge is 0.383 e. The maximum absolute atomic E-state index is 5.94. The fourth-order valence-electron chi connectivity index (χ4n) is 2.72. The normalized spacial score (nSPS) is 19.5. The lowest BCUT2D eigenvalue weighted by Gasteiger charge is -2.21. The van der Waals surface area contributed by atoms with E-state index in [1.54, 1.807) is 6.20 Å². The first kappa shape index (κ1) is 14.0. The summed E-state index contributed by atoms with van der Waals surface area (Å²) < 4.78 is 5.46. The van der Waals surface area contributed by atoms with Crippen molar-refractivity contribution in [3.05, 3.63) is 35.6 Å². The van der Waals surface area contributed by atoms with Crippen molar-refractivity contribution in [3.63, 3.8) is 0 Å². The summed E-state index contributed by atoms with van der Waals surface area (Å²) in [6.45, 7) is 5.91. The average molecular weight is 287 g/mol. The van der Waals surface area contributed by atoms with Crippen molar-refractivity contribution < 1.29 is 4.52 Å². The van der Waals surface area contributed by atoms with E-state index in [2.05, 4.69) is 33.9 Å². The highest BCUT2D eigenvalue weighted by atomic mass is 16.5. The van der Waals surface area contributed by atoms with E-state index in [0.717, 1.165) is 43.2 Å². The van der Waals surface area contributed by atoms with Crippen molar-refractivity contribution in [2.24, 2.45) is 0 Å². The first-order chi connectivity index (χ1) is 10.1. The van der Waals surface area contributed by atoms with Gasteiger partial charge in [0.05, 0.1) is 6.04 Å². The number of nitrogens with two attached hydrogens (primary N) is 1. The van der Waals surface area contributed by atoms with Crippen LogP contribution in [0.2, 0.25) is 0 Å². The second-order valence-corrected chi connectivity index (χ2v) is 5.82. The van der Waals surface area contributed by atoms with Gasteiger partial charge in [0.15, 0.2) is 5.82 Å². The Morgan fingerprint density at radius 2 is 2.33 bits per heavy atom. The lowest BCUT2D eigenvalue weighted by molar-refractivity contribution is 0.201. The van der Waals surface area contributed by atoms with Gasteiger partial charge in [-0.25, -0.2) is 4.98 Å². The molecule has 0 saturated carbocycles. The van der Waals surface area contributed by atoms with Crippen molar-refractivity contribution >= 4 is 5.82 Å². The Balaban J connectivity index is 1.77. The Morgan fingerprint density at radius 1 is 1.48 bits per heavy atom. The molecule has 2 aromatic heterocycles. The molecular formula is C15H21N5O. The van der Waals surface area contributed by atoms with Gasteiger partial charge in [-0.1, -0.05) is 25.1 Å². The number of likely N-dealkylation sites (tertiary alicyclic amines) is 1. The molecule has 3 rings (SSSR count). The van der Waals surface area contributed by atoms with Crippen LogP contribution in [-0.4, -0.2) is 26.6 Å². The van der Waals surface area contributed by atoms with Crippen LogP contribution in [0, 0.1) is 0 Å². The SMILES string of the molecule is CC(C)c1noc([C@H]2CCCN2Cc2cccnc2N)n1. The zero-order valence-electron chi connectivity index (χ0n) is 12.5. The number of nitrogens with zero attached hydrogens (tertiary/aromatic N) is 4. The smallest absolute Gasteiger partial charge is 0.244 e. The number of anilines is 1. The van der Waals surface area contributed by atoms with Crippen molar-refractivity contribution in [1.82, 2.24) is 20.0 Å². The van der Waals surface area contributed by atoms with Crippen LogP contribution in [0.5, 0.6) is 0 Å². The first-order valence-electron chi connectivity index (χ1n) is 7.42. The molecule has 1 saturated heterocycles. The molecule has 3 heterocycles. The van der Waals surface area contributed by atoms with Gasteiger partial charge in [0.1, 0.15) is 5.82 Å².